The van der Waals surface area contributed by atoms with Gasteiger partial charge in [-0.1, -0.05) is 23.7 Å². The van der Waals surface area contributed by atoms with E-state index >= 15 is 0 Å². The molecule has 1 heterocycles. The number of halogens is 2. The van der Waals surface area contributed by atoms with Crippen LogP contribution in [0.4, 0.5) is 5.69 Å². The Morgan fingerprint density at radius 2 is 2.12 bits per heavy atom. The van der Waals surface area contributed by atoms with Crippen molar-refractivity contribution in [2.45, 2.75) is 6.92 Å². The van der Waals surface area contributed by atoms with E-state index in [-0.39, 0.29) is 11.7 Å². The highest BCUT2D eigenvalue weighted by Crippen LogP contribution is 2.31. The number of rotatable bonds is 2. The molecule has 0 radical (unpaired) electrons. The number of amides is 1. The molecule has 2 aromatic carbocycles. The van der Waals surface area contributed by atoms with E-state index in [2.05, 4.69) is 10.3 Å². The van der Waals surface area contributed by atoms with Crippen molar-refractivity contribution in [3.8, 4) is 5.75 Å². The van der Waals surface area contributed by atoms with Gasteiger partial charge < -0.3 is 10.4 Å². The van der Waals surface area contributed by atoms with Gasteiger partial charge in [0.2, 0.25) is 0 Å². The largest absolute Gasteiger partial charge is 0.507 e. The van der Waals surface area contributed by atoms with Gasteiger partial charge >= 0.3 is 0 Å². The lowest BCUT2D eigenvalue weighted by Crippen LogP contribution is -2.19. The molecule has 0 spiro atoms. The van der Waals surface area contributed by atoms with Gasteiger partial charge in [-0.05, 0) is 82.7 Å². The van der Waals surface area contributed by atoms with Crippen LogP contribution in [0, 0.1) is 10.5 Å². The zero-order valence-electron chi connectivity index (χ0n) is 12.5. The van der Waals surface area contributed by atoms with Gasteiger partial charge in [-0.15, -0.1) is 0 Å². The molecule has 0 aliphatic carbocycles. The lowest BCUT2D eigenvalue weighted by atomic mass is 10.2. The molecule has 3 rings (SSSR count). The molecule has 24 heavy (non-hydrogen) atoms. The van der Waals surface area contributed by atoms with E-state index < -0.39 is 0 Å². The summed E-state index contributed by atoms with van der Waals surface area (Å²) in [5, 5.41) is 13.5. The van der Waals surface area contributed by atoms with Crippen molar-refractivity contribution in [3.63, 3.8) is 0 Å². The van der Waals surface area contributed by atoms with Crippen LogP contribution in [0.5, 0.6) is 5.75 Å². The van der Waals surface area contributed by atoms with Crippen molar-refractivity contribution in [3.05, 3.63) is 61.0 Å². The number of aromatic hydroxyl groups is 1. The molecular formula is C17H12ClIN2O2S. The first-order chi connectivity index (χ1) is 11.4. The average Bonchev–Trinajstić information content (AvgIpc) is 2.87. The summed E-state index contributed by atoms with van der Waals surface area (Å²) in [6, 6.07) is 10.7. The quantitative estimate of drug-likeness (QED) is 0.487. The molecule has 0 aromatic heterocycles. The summed E-state index contributed by atoms with van der Waals surface area (Å²) in [6.07, 6.45) is 1.77. The monoisotopic (exact) mass is 470 g/mol. The molecule has 1 saturated heterocycles. The molecule has 0 saturated carbocycles. The molecule has 1 aliphatic heterocycles. The summed E-state index contributed by atoms with van der Waals surface area (Å²) in [5.74, 6) is 0.0291. The first-order valence-corrected chi connectivity index (χ1v) is 9.24. The highest BCUT2D eigenvalue weighted by Gasteiger charge is 2.24. The van der Waals surface area contributed by atoms with E-state index in [9.17, 15) is 9.90 Å². The Balaban J connectivity index is 1.88. The standard InChI is InChI=1S/C17H12ClIN2O2S/c1-9-11(18)3-2-4-13(9)20-17-21-16(23)15(24-17)8-10-5-6-14(22)12(19)7-10/h2-8,22H,1H3,(H,20,21,23)/b15-8+. The fourth-order valence-electron chi connectivity index (χ4n) is 2.07. The van der Waals surface area contributed by atoms with E-state index in [0.717, 1.165) is 20.4 Å². The SMILES string of the molecule is Cc1c(Cl)cccc1N=C1NC(=O)/C(=C\c2ccc(O)c(I)c2)S1. The minimum atomic E-state index is -0.193. The molecule has 0 atom stereocenters. The Hall–Kier alpha value is -1.51. The molecule has 0 bridgehead atoms. The van der Waals surface area contributed by atoms with E-state index in [0.29, 0.717) is 15.1 Å². The van der Waals surface area contributed by atoms with Gasteiger partial charge in [0.15, 0.2) is 5.17 Å². The number of nitrogens with one attached hydrogen (secondary N) is 1. The highest BCUT2D eigenvalue weighted by molar-refractivity contribution is 14.1. The number of amidine groups is 1. The highest BCUT2D eigenvalue weighted by atomic mass is 127. The maximum absolute atomic E-state index is 12.1. The molecule has 7 heteroatoms. The lowest BCUT2D eigenvalue weighted by molar-refractivity contribution is -0.115. The molecular weight excluding hydrogens is 459 g/mol. The van der Waals surface area contributed by atoms with Gasteiger partial charge in [0.05, 0.1) is 14.2 Å². The van der Waals surface area contributed by atoms with E-state index in [1.807, 2.05) is 47.7 Å². The second-order valence-corrected chi connectivity index (χ2v) is 7.68. The van der Waals surface area contributed by atoms with Crippen molar-refractivity contribution in [2.24, 2.45) is 4.99 Å². The number of phenolic OH excluding ortho intramolecular Hbond substituents is 1. The van der Waals surface area contributed by atoms with Crippen LogP contribution in [0.2, 0.25) is 5.02 Å². The lowest BCUT2D eigenvalue weighted by Gasteiger charge is -2.02. The van der Waals surface area contributed by atoms with Crippen LogP contribution in [-0.2, 0) is 4.79 Å². The Kier molecular flexibility index (Phi) is 5.17. The predicted molar refractivity (Wildman–Crippen MR) is 108 cm³/mol. The van der Waals surface area contributed by atoms with Crippen LogP contribution in [0.15, 0.2) is 46.3 Å². The average molecular weight is 471 g/mol. The maximum Gasteiger partial charge on any atom is 0.264 e. The third-order valence-electron chi connectivity index (χ3n) is 3.38. The first kappa shape index (κ1) is 17.3. The molecule has 122 valence electrons. The summed E-state index contributed by atoms with van der Waals surface area (Å²) in [5.41, 5.74) is 2.44. The van der Waals surface area contributed by atoms with Crippen molar-refractivity contribution >= 4 is 68.8 Å². The summed E-state index contributed by atoms with van der Waals surface area (Å²) >= 11 is 9.42. The van der Waals surface area contributed by atoms with E-state index in [1.54, 1.807) is 24.3 Å². The third kappa shape index (κ3) is 3.76. The van der Waals surface area contributed by atoms with Gasteiger partial charge in [-0.2, -0.15) is 0 Å². The normalized spacial score (nSPS) is 17.5. The minimum Gasteiger partial charge on any atom is -0.507 e. The molecule has 2 aromatic rings. The maximum atomic E-state index is 12.1. The van der Waals surface area contributed by atoms with Gasteiger partial charge in [0.25, 0.3) is 5.91 Å². The number of phenols is 1. The molecule has 1 amide bonds. The summed E-state index contributed by atoms with van der Waals surface area (Å²) in [7, 11) is 0. The number of thioether (sulfide) groups is 1. The zero-order valence-corrected chi connectivity index (χ0v) is 16.2. The van der Waals surface area contributed by atoms with Crippen molar-refractivity contribution in [1.29, 1.82) is 0 Å². The fourth-order valence-corrected chi connectivity index (χ4v) is 3.62. The van der Waals surface area contributed by atoms with Crippen LogP contribution >= 0.6 is 46.0 Å². The molecule has 0 unspecified atom stereocenters. The minimum absolute atomic E-state index is 0.193. The van der Waals surface area contributed by atoms with Crippen LogP contribution in [0.25, 0.3) is 6.08 Å². The molecule has 1 fully saturated rings. The number of nitrogens with zero attached hydrogens (tertiary/aromatic N) is 1. The van der Waals surface area contributed by atoms with Crippen LogP contribution < -0.4 is 5.32 Å². The number of carbonyl (C=O) groups excluding carboxylic acids is 1. The summed E-state index contributed by atoms with van der Waals surface area (Å²) in [6.45, 7) is 1.89. The summed E-state index contributed by atoms with van der Waals surface area (Å²) < 4.78 is 0.730. The Morgan fingerprint density at radius 3 is 2.88 bits per heavy atom. The van der Waals surface area contributed by atoms with Crippen molar-refractivity contribution in [1.82, 2.24) is 5.32 Å². The van der Waals surface area contributed by atoms with Gasteiger partial charge in [-0.3, -0.25) is 4.79 Å². The molecule has 2 N–H and O–H groups in total. The molecule has 1 aliphatic rings. The van der Waals surface area contributed by atoms with Gasteiger partial charge in [0, 0.05) is 5.02 Å². The number of hydrogen-bond donors (Lipinski definition) is 2. The fraction of sp³-hybridized carbons (Fsp3) is 0.0588. The number of benzene rings is 2. The number of hydrogen-bond acceptors (Lipinski definition) is 4. The van der Waals surface area contributed by atoms with Crippen LogP contribution in [0.1, 0.15) is 11.1 Å². The second-order valence-electron chi connectivity index (χ2n) is 5.08. The van der Waals surface area contributed by atoms with Crippen LogP contribution in [-0.4, -0.2) is 16.2 Å². The van der Waals surface area contributed by atoms with Gasteiger partial charge in [0.1, 0.15) is 5.75 Å². The Morgan fingerprint density at radius 1 is 1.33 bits per heavy atom. The zero-order chi connectivity index (χ0) is 17.3. The third-order valence-corrected chi connectivity index (χ3v) is 5.56. The van der Waals surface area contributed by atoms with Crippen LogP contribution in [0.3, 0.4) is 0 Å². The first-order valence-electron chi connectivity index (χ1n) is 6.97. The second kappa shape index (κ2) is 7.16. The topological polar surface area (TPSA) is 61.7 Å². The van der Waals surface area contributed by atoms with Crippen molar-refractivity contribution < 1.29 is 9.90 Å². The van der Waals surface area contributed by atoms with Crippen molar-refractivity contribution in [2.75, 3.05) is 0 Å². The summed E-state index contributed by atoms with van der Waals surface area (Å²) in [4.78, 5) is 17.1. The van der Waals surface area contributed by atoms with Gasteiger partial charge in [-0.25, -0.2) is 4.99 Å². The van der Waals surface area contributed by atoms with E-state index in [1.165, 1.54) is 11.8 Å². The molecule has 4 nitrogen and oxygen atoms in total. The Bertz CT molecular complexity index is 896. The number of carbonyl (C=O) groups is 1. The number of aliphatic imine (C=N–C) groups is 1. The van der Waals surface area contributed by atoms with E-state index in [4.69, 9.17) is 11.6 Å². The smallest absolute Gasteiger partial charge is 0.264 e. The predicted octanol–water partition coefficient (Wildman–Crippen LogP) is 4.85. The Labute approximate surface area is 162 Å².